The van der Waals surface area contributed by atoms with E-state index in [1.807, 2.05) is 18.2 Å². The van der Waals surface area contributed by atoms with Crippen LogP contribution in [0.15, 0.2) is 48.5 Å². The maximum absolute atomic E-state index is 11.1. The topological polar surface area (TPSA) is 49.3 Å². The third-order valence-electron chi connectivity index (χ3n) is 4.23. The summed E-state index contributed by atoms with van der Waals surface area (Å²) < 4.78 is 0. The summed E-state index contributed by atoms with van der Waals surface area (Å²) in [4.78, 5) is 11.1. The Balaban J connectivity index is 1.90. The van der Waals surface area contributed by atoms with Crippen LogP contribution in [-0.4, -0.2) is 17.6 Å². The molecule has 0 saturated carbocycles. The molecule has 1 heterocycles. The highest BCUT2D eigenvalue weighted by Gasteiger charge is 2.30. The van der Waals surface area contributed by atoms with Crippen molar-refractivity contribution in [2.45, 2.75) is 19.4 Å². The van der Waals surface area contributed by atoms with E-state index in [4.69, 9.17) is 5.11 Å². The second-order valence-electron chi connectivity index (χ2n) is 5.67. The molecule has 0 spiro atoms. The minimum atomic E-state index is -0.708. The zero-order valence-electron chi connectivity index (χ0n) is 12.0. The lowest BCUT2D eigenvalue weighted by Gasteiger charge is -2.14. The molecule has 2 N–H and O–H groups in total. The fraction of sp³-hybridized carbons (Fsp3) is 0.278. The Morgan fingerprint density at radius 1 is 1.19 bits per heavy atom. The molecule has 0 amide bonds. The number of aliphatic carboxylic acids is 1. The summed E-state index contributed by atoms with van der Waals surface area (Å²) >= 11 is 0. The van der Waals surface area contributed by atoms with Crippen molar-refractivity contribution in [3.05, 3.63) is 59.7 Å². The van der Waals surface area contributed by atoms with Crippen molar-refractivity contribution >= 4 is 5.97 Å². The molecule has 2 aromatic rings. The van der Waals surface area contributed by atoms with Crippen LogP contribution < -0.4 is 5.32 Å². The van der Waals surface area contributed by atoms with E-state index >= 15 is 0 Å². The van der Waals surface area contributed by atoms with E-state index in [9.17, 15) is 4.79 Å². The standard InChI is InChI=1S/C18H19NO2/c1-12-7-8-14(17-10-15(11-19-17)18(20)21)9-16(12)13-5-3-2-4-6-13/h2-9,15,17,19H,10-11H2,1H3,(H,20,21). The number of hydrogen-bond donors (Lipinski definition) is 2. The highest BCUT2D eigenvalue weighted by molar-refractivity contribution is 5.71. The van der Waals surface area contributed by atoms with Crippen molar-refractivity contribution < 1.29 is 9.90 Å². The molecule has 3 rings (SSSR count). The van der Waals surface area contributed by atoms with Gasteiger partial charge in [-0.05, 0) is 41.7 Å². The van der Waals surface area contributed by atoms with Gasteiger partial charge in [-0.3, -0.25) is 4.79 Å². The van der Waals surface area contributed by atoms with E-state index in [-0.39, 0.29) is 12.0 Å². The molecular formula is C18H19NO2. The van der Waals surface area contributed by atoms with E-state index in [0.29, 0.717) is 13.0 Å². The van der Waals surface area contributed by atoms with Gasteiger partial charge in [0.25, 0.3) is 0 Å². The average molecular weight is 281 g/mol. The zero-order chi connectivity index (χ0) is 14.8. The fourth-order valence-electron chi connectivity index (χ4n) is 2.96. The number of benzene rings is 2. The molecule has 0 aromatic heterocycles. The van der Waals surface area contributed by atoms with Gasteiger partial charge in [-0.25, -0.2) is 0 Å². The minimum Gasteiger partial charge on any atom is -0.481 e. The van der Waals surface area contributed by atoms with Crippen molar-refractivity contribution in [2.75, 3.05) is 6.54 Å². The molecule has 1 saturated heterocycles. The zero-order valence-corrected chi connectivity index (χ0v) is 12.0. The Hall–Kier alpha value is -2.13. The lowest BCUT2D eigenvalue weighted by Crippen LogP contribution is -2.17. The number of hydrogen-bond acceptors (Lipinski definition) is 2. The van der Waals surface area contributed by atoms with Gasteiger partial charge in [-0.15, -0.1) is 0 Å². The Morgan fingerprint density at radius 2 is 1.95 bits per heavy atom. The van der Waals surface area contributed by atoms with Crippen molar-refractivity contribution in [2.24, 2.45) is 5.92 Å². The lowest BCUT2D eigenvalue weighted by molar-refractivity contribution is -0.141. The van der Waals surface area contributed by atoms with Crippen LogP contribution in [0.3, 0.4) is 0 Å². The van der Waals surface area contributed by atoms with E-state index < -0.39 is 5.97 Å². The smallest absolute Gasteiger partial charge is 0.307 e. The van der Waals surface area contributed by atoms with E-state index in [1.165, 1.54) is 22.3 Å². The molecule has 1 aliphatic rings. The summed E-state index contributed by atoms with van der Waals surface area (Å²) in [6, 6.07) is 16.8. The molecule has 0 aliphatic carbocycles. The molecule has 108 valence electrons. The first-order valence-corrected chi connectivity index (χ1v) is 7.27. The molecule has 3 heteroatoms. The molecule has 2 unspecified atom stereocenters. The van der Waals surface area contributed by atoms with Gasteiger partial charge in [0, 0.05) is 12.6 Å². The van der Waals surface area contributed by atoms with Gasteiger partial charge in [0.1, 0.15) is 0 Å². The SMILES string of the molecule is Cc1ccc(C2CC(C(=O)O)CN2)cc1-c1ccccc1. The molecule has 1 fully saturated rings. The minimum absolute atomic E-state index is 0.133. The number of nitrogens with one attached hydrogen (secondary N) is 1. The number of rotatable bonds is 3. The second kappa shape index (κ2) is 5.70. The van der Waals surface area contributed by atoms with E-state index in [2.05, 4.69) is 42.6 Å². The van der Waals surface area contributed by atoms with Crippen molar-refractivity contribution in [3.63, 3.8) is 0 Å². The van der Waals surface area contributed by atoms with Crippen molar-refractivity contribution in [1.82, 2.24) is 5.32 Å². The molecular weight excluding hydrogens is 262 g/mol. The van der Waals surface area contributed by atoms with Gasteiger partial charge < -0.3 is 10.4 Å². The third-order valence-corrected chi connectivity index (χ3v) is 4.23. The fourth-order valence-corrected chi connectivity index (χ4v) is 2.96. The maximum Gasteiger partial charge on any atom is 0.307 e. The Bertz CT molecular complexity index is 652. The van der Waals surface area contributed by atoms with Crippen LogP contribution in [-0.2, 0) is 4.79 Å². The summed E-state index contributed by atoms with van der Waals surface area (Å²) in [5, 5.41) is 12.4. The Labute approximate surface area is 124 Å². The first-order chi connectivity index (χ1) is 10.1. The van der Waals surface area contributed by atoms with Crippen LogP contribution in [0.2, 0.25) is 0 Å². The van der Waals surface area contributed by atoms with Gasteiger partial charge in [0.2, 0.25) is 0 Å². The highest BCUT2D eigenvalue weighted by atomic mass is 16.4. The largest absolute Gasteiger partial charge is 0.481 e. The quantitative estimate of drug-likeness (QED) is 0.906. The van der Waals surface area contributed by atoms with Crippen LogP contribution in [0.5, 0.6) is 0 Å². The lowest BCUT2D eigenvalue weighted by atomic mass is 9.93. The molecule has 3 nitrogen and oxygen atoms in total. The third kappa shape index (κ3) is 2.83. The van der Waals surface area contributed by atoms with Crippen molar-refractivity contribution in [3.8, 4) is 11.1 Å². The summed E-state index contributed by atoms with van der Waals surface area (Å²) in [6.07, 6.45) is 0.659. The normalized spacial score (nSPS) is 21.4. The van der Waals surface area contributed by atoms with Gasteiger partial charge in [-0.1, -0.05) is 42.5 Å². The molecule has 2 atom stereocenters. The first kappa shape index (κ1) is 13.8. The van der Waals surface area contributed by atoms with Gasteiger partial charge in [0.05, 0.1) is 5.92 Å². The average Bonchev–Trinajstić information content (AvgIpc) is 2.99. The summed E-state index contributed by atoms with van der Waals surface area (Å²) in [7, 11) is 0. The summed E-state index contributed by atoms with van der Waals surface area (Å²) in [5.41, 5.74) is 4.82. The molecule has 0 bridgehead atoms. The second-order valence-corrected chi connectivity index (χ2v) is 5.67. The molecule has 2 aromatic carbocycles. The van der Waals surface area contributed by atoms with E-state index in [1.54, 1.807) is 0 Å². The van der Waals surface area contributed by atoms with Gasteiger partial charge in [-0.2, -0.15) is 0 Å². The Morgan fingerprint density at radius 3 is 2.62 bits per heavy atom. The molecule has 21 heavy (non-hydrogen) atoms. The number of carboxylic acids is 1. The first-order valence-electron chi connectivity index (χ1n) is 7.27. The van der Waals surface area contributed by atoms with Crippen LogP contribution >= 0.6 is 0 Å². The van der Waals surface area contributed by atoms with Crippen LogP contribution in [0, 0.1) is 12.8 Å². The van der Waals surface area contributed by atoms with E-state index in [0.717, 1.165) is 0 Å². The predicted molar refractivity (Wildman–Crippen MR) is 83.1 cm³/mol. The van der Waals surface area contributed by atoms with Crippen LogP contribution in [0.4, 0.5) is 0 Å². The highest BCUT2D eigenvalue weighted by Crippen LogP contribution is 2.31. The number of carbonyl (C=O) groups is 1. The van der Waals surface area contributed by atoms with Gasteiger partial charge >= 0.3 is 5.97 Å². The number of carboxylic acid groups (broad SMARTS) is 1. The maximum atomic E-state index is 11.1. The Kier molecular flexibility index (Phi) is 3.76. The number of aryl methyl sites for hydroxylation is 1. The summed E-state index contributed by atoms with van der Waals surface area (Å²) in [6.45, 7) is 2.66. The summed E-state index contributed by atoms with van der Waals surface area (Å²) in [5.74, 6) is -0.989. The van der Waals surface area contributed by atoms with Crippen LogP contribution in [0.1, 0.15) is 23.6 Å². The molecule has 1 aliphatic heterocycles. The van der Waals surface area contributed by atoms with Crippen molar-refractivity contribution in [1.29, 1.82) is 0 Å². The predicted octanol–water partition coefficient (Wildman–Crippen LogP) is 3.40. The van der Waals surface area contributed by atoms with Crippen LogP contribution in [0.25, 0.3) is 11.1 Å². The van der Waals surface area contributed by atoms with Gasteiger partial charge in [0.15, 0.2) is 0 Å². The monoisotopic (exact) mass is 281 g/mol. The molecule has 0 radical (unpaired) electrons.